The SMILES string of the molecule is Cc1ncn(COCCCCCCCCCCCC(C)(C)C)c1C. The van der Waals surface area contributed by atoms with Crippen LogP contribution in [0.5, 0.6) is 0 Å². The van der Waals surface area contributed by atoms with Gasteiger partial charge in [-0.2, -0.15) is 0 Å². The molecular weight excluding hydrogens is 296 g/mol. The van der Waals surface area contributed by atoms with E-state index < -0.39 is 0 Å². The zero-order valence-electron chi connectivity index (χ0n) is 16.9. The zero-order chi connectivity index (χ0) is 17.8. The average molecular weight is 337 g/mol. The Morgan fingerprint density at radius 1 is 0.875 bits per heavy atom. The molecule has 3 heteroatoms. The summed E-state index contributed by atoms with van der Waals surface area (Å²) in [5, 5.41) is 0. The minimum Gasteiger partial charge on any atom is -0.361 e. The van der Waals surface area contributed by atoms with Crippen molar-refractivity contribution < 1.29 is 4.74 Å². The quantitative estimate of drug-likeness (QED) is 0.388. The van der Waals surface area contributed by atoms with E-state index in [1.807, 2.05) is 13.3 Å². The Labute approximate surface area is 150 Å². The Hall–Kier alpha value is -0.830. The van der Waals surface area contributed by atoms with Crippen LogP contribution in [0.4, 0.5) is 0 Å². The van der Waals surface area contributed by atoms with Gasteiger partial charge in [0, 0.05) is 12.3 Å². The van der Waals surface area contributed by atoms with Gasteiger partial charge >= 0.3 is 0 Å². The molecule has 0 aliphatic heterocycles. The molecule has 0 saturated heterocycles. The Morgan fingerprint density at radius 3 is 1.92 bits per heavy atom. The van der Waals surface area contributed by atoms with Crippen LogP contribution in [0.25, 0.3) is 0 Å². The standard InChI is InChI=1S/C21H40N2O/c1-19-20(2)23(17-22-19)18-24-16-14-12-10-8-6-7-9-11-13-15-21(3,4)5/h17H,6-16,18H2,1-5H3. The molecule has 0 aliphatic carbocycles. The summed E-state index contributed by atoms with van der Waals surface area (Å²) in [4.78, 5) is 4.29. The molecule has 0 fully saturated rings. The molecule has 1 aromatic rings. The monoisotopic (exact) mass is 336 g/mol. The van der Waals surface area contributed by atoms with Crippen molar-refractivity contribution in [2.24, 2.45) is 5.41 Å². The number of aromatic nitrogens is 2. The van der Waals surface area contributed by atoms with Crippen LogP contribution in [0.15, 0.2) is 6.33 Å². The van der Waals surface area contributed by atoms with E-state index in [4.69, 9.17) is 4.74 Å². The fourth-order valence-corrected chi connectivity index (χ4v) is 2.93. The second kappa shape index (κ2) is 11.7. The van der Waals surface area contributed by atoms with Crippen molar-refractivity contribution in [3.8, 4) is 0 Å². The molecule has 0 spiro atoms. The van der Waals surface area contributed by atoms with Gasteiger partial charge < -0.3 is 9.30 Å². The van der Waals surface area contributed by atoms with Crippen molar-refractivity contribution in [2.75, 3.05) is 6.61 Å². The third-order valence-corrected chi connectivity index (χ3v) is 4.79. The number of nitrogens with zero attached hydrogens (tertiary/aromatic N) is 2. The van der Waals surface area contributed by atoms with Gasteiger partial charge in [-0.15, -0.1) is 0 Å². The number of hydrogen-bond donors (Lipinski definition) is 0. The normalized spacial score (nSPS) is 12.0. The predicted octanol–water partition coefficient (Wildman–Crippen LogP) is 6.42. The molecule has 1 aromatic heterocycles. The van der Waals surface area contributed by atoms with Crippen LogP contribution in [0.1, 0.15) is 96.4 Å². The highest BCUT2D eigenvalue weighted by atomic mass is 16.5. The van der Waals surface area contributed by atoms with Gasteiger partial charge in [-0.25, -0.2) is 4.98 Å². The Balaban J connectivity index is 1.82. The molecule has 3 nitrogen and oxygen atoms in total. The minimum absolute atomic E-state index is 0.511. The van der Waals surface area contributed by atoms with Gasteiger partial charge in [0.05, 0.1) is 12.0 Å². The molecular formula is C21H40N2O. The third kappa shape index (κ3) is 10.1. The van der Waals surface area contributed by atoms with E-state index in [-0.39, 0.29) is 0 Å². The van der Waals surface area contributed by atoms with Crippen LogP contribution in [0.3, 0.4) is 0 Å². The molecule has 0 radical (unpaired) electrons. The van der Waals surface area contributed by atoms with Gasteiger partial charge in [0.25, 0.3) is 0 Å². The first-order valence-corrected chi connectivity index (χ1v) is 9.96. The summed E-state index contributed by atoms with van der Waals surface area (Å²) >= 11 is 0. The predicted molar refractivity (Wildman–Crippen MR) is 103 cm³/mol. The summed E-state index contributed by atoms with van der Waals surface area (Å²) in [6, 6.07) is 0. The van der Waals surface area contributed by atoms with Crippen molar-refractivity contribution in [1.29, 1.82) is 0 Å². The summed E-state index contributed by atoms with van der Waals surface area (Å²) in [7, 11) is 0. The maximum absolute atomic E-state index is 5.74. The van der Waals surface area contributed by atoms with Gasteiger partial charge in [0.2, 0.25) is 0 Å². The van der Waals surface area contributed by atoms with Crippen LogP contribution in [0, 0.1) is 19.3 Å². The highest BCUT2D eigenvalue weighted by Crippen LogP contribution is 2.22. The van der Waals surface area contributed by atoms with Crippen LogP contribution >= 0.6 is 0 Å². The Kier molecular flexibility index (Phi) is 10.3. The summed E-state index contributed by atoms with van der Waals surface area (Å²) in [6.45, 7) is 12.7. The van der Waals surface area contributed by atoms with Gasteiger partial charge in [-0.05, 0) is 32.1 Å². The molecule has 0 bridgehead atoms. The molecule has 24 heavy (non-hydrogen) atoms. The molecule has 0 amide bonds. The van der Waals surface area contributed by atoms with E-state index in [2.05, 4.69) is 37.2 Å². The lowest BCUT2D eigenvalue weighted by atomic mass is 9.89. The van der Waals surface area contributed by atoms with Crippen molar-refractivity contribution in [2.45, 2.75) is 106 Å². The topological polar surface area (TPSA) is 27.1 Å². The molecule has 140 valence electrons. The van der Waals surface area contributed by atoms with Gasteiger partial charge in [0.1, 0.15) is 6.73 Å². The number of aryl methyl sites for hydroxylation is 1. The lowest BCUT2D eigenvalue weighted by Gasteiger charge is -2.17. The first-order chi connectivity index (χ1) is 11.4. The van der Waals surface area contributed by atoms with Crippen LogP contribution in [-0.4, -0.2) is 16.2 Å². The smallest absolute Gasteiger partial charge is 0.124 e. The van der Waals surface area contributed by atoms with Crippen molar-refractivity contribution in [3.05, 3.63) is 17.7 Å². The third-order valence-electron chi connectivity index (χ3n) is 4.79. The number of imidazole rings is 1. The average Bonchev–Trinajstić information content (AvgIpc) is 2.82. The number of unbranched alkanes of at least 4 members (excludes halogenated alkanes) is 8. The number of hydrogen-bond acceptors (Lipinski definition) is 2. The molecule has 0 atom stereocenters. The first-order valence-electron chi connectivity index (χ1n) is 9.96. The van der Waals surface area contributed by atoms with Crippen LogP contribution < -0.4 is 0 Å². The molecule has 0 N–H and O–H groups in total. The van der Waals surface area contributed by atoms with E-state index in [1.165, 1.54) is 69.9 Å². The van der Waals surface area contributed by atoms with E-state index in [1.54, 1.807) is 0 Å². The number of rotatable bonds is 13. The van der Waals surface area contributed by atoms with Crippen molar-refractivity contribution in [3.63, 3.8) is 0 Å². The first kappa shape index (κ1) is 21.2. The van der Waals surface area contributed by atoms with E-state index in [0.29, 0.717) is 12.1 Å². The van der Waals surface area contributed by atoms with E-state index >= 15 is 0 Å². The summed E-state index contributed by atoms with van der Waals surface area (Å²) in [5.74, 6) is 0. The zero-order valence-corrected chi connectivity index (χ0v) is 16.9. The maximum atomic E-state index is 5.74. The van der Waals surface area contributed by atoms with Crippen LogP contribution in [0.2, 0.25) is 0 Å². The van der Waals surface area contributed by atoms with E-state index in [9.17, 15) is 0 Å². The second-order valence-corrected chi connectivity index (χ2v) is 8.42. The molecule has 0 aromatic carbocycles. The Bertz CT molecular complexity index is 432. The largest absolute Gasteiger partial charge is 0.361 e. The van der Waals surface area contributed by atoms with Crippen molar-refractivity contribution >= 4 is 0 Å². The number of ether oxygens (including phenoxy) is 1. The van der Waals surface area contributed by atoms with Crippen molar-refractivity contribution in [1.82, 2.24) is 9.55 Å². The van der Waals surface area contributed by atoms with Gasteiger partial charge in [-0.1, -0.05) is 72.1 Å². The van der Waals surface area contributed by atoms with Crippen LogP contribution in [-0.2, 0) is 11.5 Å². The summed E-state index contributed by atoms with van der Waals surface area (Å²) < 4.78 is 7.81. The van der Waals surface area contributed by atoms with Gasteiger partial charge in [0.15, 0.2) is 0 Å². The fourth-order valence-electron chi connectivity index (χ4n) is 2.93. The Morgan fingerprint density at radius 2 is 1.42 bits per heavy atom. The van der Waals surface area contributed by atoms with Gasteiger partial charge in [-0.3, -0.25) is 0 Å². The molecule has 1 rings (SSSR count). The highest BCUT2D eigenvalue weighted by Gasteiger charge is 2.08. The lowest BCUT2D eigenvalue weighted by molar-refractivity contribution is 0.0726. The molecule has 0 unspecified atom stereocenters. The summed E-state index contributed by atoms with van der Waals surface area (Å²) in [6.07, 6.45) is 15.5. The lowest BCUT2D eigenvalue weighted by Crippen LogP contribution is -2.04. The molecule has 0 saturated carbocycles. The highest BCUT2D eigenvalue weighted by molar-refractivity contribution is 5.07. The summed E-state index contributed by atoms with van der Waals surface area (Å²) in [5.41, 5.74) is 2.81. The minimum atomic E-state index is 0.511. The molecule has 1 heterocycles. The second-order valence-electron chi connectivity index (χ2n) is 8.42. The molecule has 0 aliphatic rings. The maximum Gasteiger partial charge on any atom is 0.124 e. The van der Waals surface area contributed by atoms with E-state index in [0.717, 1.165) is 12.3 Å². The fraction of sp³-hybridized carbons (Fsp3) is 0.857.